The summed E-state index contributed by atoms with van der Waals surface area (Å²) in [6.07, 6.45) is 0.938. The van der Waals surface area contributed by atoms with Gasteiger partial charge in [-0.15, -0.1) is 0 Å². The molecular weight excluding hydrogens is 316 g/mol. The van der Waals surface area contributed by atoms with Gasteiger partial charge in [-0.3, -0.25) is 19.7 Å². The van der Waals surface area contributed by atoms with E-state index in [4.69, 9.17) is 22.0 Å². The van der Waals surface area contributed by atoms with E-state index < -0.39 is 29.0 Å². The predicted molar refractivity (Wildman–Crippen MR) is 76.1 cm³/mol. The molecule has 0 bridgehead atoms. The Hall–Kier alpha value is -3.12. The molecule has 1 rings (SSSR count). The minimum absolute atomic E-state index is 0.0699. The van der Waals surface area contributed by atoms with Gasteiger partial charge >= 0.3 is 5.97 Å². The van der Waals surface area contributed by atoms with E-state index in [1.807, 2.05) is 0 Å². The number of anilines is 1. The Balaban J connectivity index is 2.87. The molecule has 0 heterocycles. The van der Waals surface area contributed by atoms with Crippen molar-refractivity contribution in [3.8, 4) is 6.07 Å². The van der Waals surface area contributed by atoms with Gasteiger partial charge in [0, 0.05) is 18.0 Å². The number of nitrogens with zero attached hydrogens (tertiary/aromatic N) is 2. The first-order chi connectivity index (χ1) is 10.3. The molecule has 0 radical (unpaired) electrons. The summed E-state index contributed by atoms with van der Waals surface area (Å²) in [5, 5.41) is 32.4. The zero-order chi connectivity index (χ0) is 16.7. The summed E-state index contributed by atoms with van der Waals surface area (Å²) in [4.78, 5) is 32.1. The minimum Gasteiger partial charge on any atom is -0.480 e. The van der Waals surface area contributed by atoms with Gasteiger partial charge in [0.25, 0.3) is 11.6 Å². The van der Waals surface area contributed by atoms with Crippen LogP contribution in [0.4, 0.5) is 11.4 Å². The number of nitrogens with one attached hydrogen (secondary N) is 2. The molecule has 3 N–H and O–H groups in total. The van der Waals surface area contributed by atoms with Crippen LogP contribution < -0.4 is 10.6 Å². The highest BCUT2D eigenvalue weighted by molar-refractivity contribution is 6.32. The van der Waals surface area contributed by atoms with Crippen LogP contribution in [0, 0.1) is 21.4 Å². The molecule has 0 aromatic heterocycles. The fourth-order valence-corrected chi connectivity index (χ4v) is 1.50. The molecule has 0 saturated heterocycles. The number of halogens is 1. The van der Waals surface area contributed by atoms with Gasteiger partial charge in [0.2, 0.25) is 0 Å². The first-order valence-electron chi connectivity index (χ1n) is 5.66. The van der Waals surface area contributed by atoms with Crippen molar-refractivity contribution < 1.29 is 19.6 Å². The molecule has 0 aliphatic heterocycles. The van der Waals surface area contributed by atoms with Gasteiger partial charge in [-0.25, -0.2) is 0 Å². The lowest BCUT2D eigenvalue weighted by atomic mass is 10.2. The average Bonchev–Trinajstić information content (AvgIpc) is 2.44. The smallest absolute Gasteiger partial charge is 0.322 e. The third-order valence-electron chi connectivity index (χ3n) is 2.27. The number of nitro groups is 1. The van der Waals surface area contributed by atoms with Crippen molar-refractivity contribution in [1.82, 2.24) is 5.32 Å². The molecule has 9 nitrogen and oxygen atoms in total. The molecule has 1 aromatic rings. The number of nitriles is 1. The maximum atomic E-state index is 11.8. The van der Waals surface area contributed by atoms with Gasteiger partial charge in [-0.1, -0.05) is 11.6 Å². The number of hydrogen-bond donors (Lipinski definition) is 3. The third-order valence-corrected chi connectivity index (χ3v) is 2.59. The largest absolute Gasteiger partial charge is 0.480 e. The van der Waals surface area contributed by atoms with Crippen LogP contribution in [0.15, 0.2) is 30.0 Å². The van der Waals surface area contributed by atoms with E-state index >= 15 is 0 Å². The number of benzene rings is 1. The van der Waals surface area contributed by atoms with Gasteiger partial charge in [-0.2, -0.15) is 5.26 Å². The molecule has 0 saturated carbocycles. The normalized spacial score (nSPS) is 10.5. The summed E-state index contributed by atoms with van der Waals surface area (Å²) < 4.78 is 0. The molecule has 1 amide bonds. The first kappa shape index (κ1) is 16.9. The van der Waals surface area contributed by atoms with E-state index in [0.29, 0.717) is 0 Å². The van der Waals surface area contributed by atoms with E-state index in [0.717, 1.165) is 12.3 Å². The number of nitro benzene ring substituents is 1. The summed E-state index contributed by atoms with van der Waals surface area (Å²) in [5.74, 6) is -2.01. The van der Waals surface area contributed by atoms with Crippen LogP contribution in [0.1, 0.15) is 0 Å². The fourth-order valence-electron chi connectivity index (χ4n) is 1.32. The van der Waals surface area contributed by atoms with Gasteiger partial charge in [0.15, 0.2) is 0 Å². The van der Waals surface area contributed by atoms with Crippen molar-refractivity contribution in [1.29, 1.82) is 5.26 Å². The Morgan fingerprint density at radius 3 is 2.73 bits per heavy atom. The molecule has 0 unspecified atom stereocenters. The van der Waals surface area contributed by atoms with Gasteiger partial charge in [-0.05, 0) is 12.1 Å². The second-order valence-electron chi connectivity index (χ2n) is 3.82. The summed E-state index contributed by atoms with van der Waals surface area (Å²) in [5.41, 5.74) is -0.717. The molecule has 10 heteroatoms. The molecule has 0 atom stereocenters. The van der Waals surface area contributed by atoms with Gasteiger partial charge < -0.3 is 15.7 Å². The number of hydrogen-bond acceptors (Lipinski definition) is 6. The van der Waals surface area contributed by atoms with Crippen molar-refractivity contribution in [2.75, 3.05) is 11.9 Å². The lowest BCUT2D eigenvalue weighted by Gasteiger charge is -2.05. The third kappa shape index (κ3) is 4.77. The zero-order valence-electron chi connectivity index (χ0n) is 10.9. The highest BCUT2D eigenvalue weighted by Crippen LogP contribution is 2.27. The molecular formula is C12H9ClN4O5. The summed E-state index contributed by atoms with van der Waals surface area (Å²) in [7, 11) is 0. The van der Waals surface area contributed by atoms with E-state index in [-0.39, 0.29) is 16.3 Å². The number of carbonyl (C=O) groups excluding carboxylic acids is 1. The molecule has 0 aliphatic rings. The van der Waals surface area contributed by atoms with Crippen molar-refractivity contribution in [3.63, 3.8) is 0 Å². The standard InChI is InChI=1S/C12H9ClN4O5/c13-9-2-1-8(3-10(9)17(21)22)16-12(20)7(4-14)5-15-6-11(18)19/h1-3,5,15H,6H2,(H,16,20)(H,18,19)/b7-5-. The number of carbonyl (C=O) groups is 2. The minimum atomic E-state index is -1.16. The number of aliphatic carboxylic acids is 1. The van der Waals surface area contributed by atoms with Crippen LogP contribution in [-0.2, 0) is 9.59 Å². The number of carboxylic acid groups (broad SMARTS) is 1. The van der Waals surface area contributed by atoms with Crippen LogP contribution >= 0.6 is 11.6 Å². The van der Waals surface area contributed by atoms with Gasteiger partial charge in [0.05, 0.1) is 4.92 Å². The van der Waals surface area contributed by atoms with Crippen LogP contribution in [0.5, 0.6) is 0 Å². The average molecular weight is 325 g/mol. The van der Waals surface area contributed by atoms with E-state index in [2.05, 4.69) is 10.6 Å². The van der Waals surface area contributed by atoms with Crippen LogP contribution in [0.3, 0.4) is 0 Å². The number of rotatable bonds is 6. The monoisotopic (exact) mass is 324 g/mol. The fraction of sp³-hybridized carbons (Fsp3) is 0.0833. The molecule has 0 spiro atoms. The lowest BCUT2D eigenvalue weighted by molar-refractivity contribution is -0.384. The Morgan fingerprint density at radius 2 is 2.18 bits per heavy atom. The Kier molecular flexibility index (Phi) is 5.85. The Labute approximate surface area is 128 Å². The maximum Gasteiger partial charge on any atom is 0.322 e. The van der Waals surface area contributed by atoms with Crippen LogP contribution in [0.2, 0.25) is 5.02 Å². The van der Waals surface area contributed by atoms with Crippen LogP contribution in [-0.4, -0.2) is 28.5 Å². The SMILES string of the molecule is N#C/C(=C/NCC(=O)O)C(=O)Nc1ccc(Cl)c([N+](=O)[O-])c1. The highest BCUT2D eigenvalue weighted by Gasteiger charge is 2.15. The summed E-state index contributed by atoms with van der Waals surface area (Å²) in [6.45, 7) is -0.467. The molecule has 1 aromatic carbocycles. The summed E-state index contributed by atoms with van der Waals surface area (Å²) >= 11 is 5.63. The van der Waals surface area contributed by atoms with Crippen molar-refractivity contribution in [2.24, 2.45) is 0 Å². The molecule has 22 heavy (non-hydrogen) atoms. The van der Waals surface area contributed by atoms with Crippen molar-refractivity contribution >= 4 is 34.9 Å². The zero-order valence-corrected chi connectivity index (χ0v) is 11.6. The predicted octanol–water partition coefficient (Wildman–Crippen LogP) is 1.27. The maximum absolute atomic E-state index is 11.8. The second-order valence-corrected chi connectivity index (χ2v) is 4.23. The topological polar surface area (TPSA) is 145 Å². The number of amides is 1. The summed E-state index contributed by atoms with van der Waals surface area (Å²) in [6, 6.07) is 5.18. The van der Waals surface area contributed by atoms with E-state index in [9.17, 15) is 19.7 Å². The molecule has 0 aliphatic carbocycles. The van der Waals surface area contributed by atoms with Crippen molar-refractivity contribution in [3.05, 3.63) is 45.1 Å². The van der Waals surface area contributed by atoms with E-state index in [1.54, 1.807) is 6.07 Å². The lowest BCUT2D eigenvalue weighted by Crippen LogP contribution is -2.20. The second kappa shape index (κ2) is 7.61. The Morgan fingerprint density at radius 1 is 1.50 bits per heavy atom. The van der Waals surface area contributed by atoms with E-state index in [1.165, 1.54) is 12.1 Å². The van der Waals surface area contributed by atoms with Crippen LogP contribution in [0.25, 0.3) is 0 Å². The quantitative estimate of drug-likeness (QED) is 0.309. The van der Waals surface area contributed by atoms with Gasteiger partial charge in [0.1, 0.15) is 23.2 Å². The molecule has 114 valence electrons. The van der Waals surface area contributed by atoms with Crippen molar-refractivity contribution in [2.45, 2.75) is 0 Å². The Bertz CT molecular complexity index is 695. The molecule has 0 fully saturated rings. The number of carboxylic acids is 1. The first-order valence-corrected chi connectivity index (χ1v) is 6.03. The highest BCUT2D eigenvalue weighted by atomic mass is 35.5.